The number of aromatic nitrogens is 1. The molecular formula is C16H17FN2O3S. The Morgan fingerprint density at radius 3 is 2.91 bits per heavy atom. The van der Waals surface area contributed by atoms with Crippen molar-refractivity contribution in [2.24, 2.45) is 0 Å². The zero-order valence-electron chi connectivity index (χ0n) is 12.7. The van der Waals surface area contributed by atoms with Gasteiger partial charge in [-0.1, -0.05) is 6.07 Å². The van der Waals surface area contributed by atoms with Gasteiger partial charge in [-0.3, -0.25) is 9.78 Å². The molecule has 1 aliphatic heterocycles. The van der Waals surface area contributed by atoms with E-state index in [0.29, 0.717) is 23.9 Å². The van der Waals surface area contributed by atoms with Gasteiger partial charge in [-0.15, -0.1) is 0 Å². The topological polar surface area (TPSA) is 67.3 Å². The minimum absolute atomic E-state index is 0.0689. The van der Waals surface area contributed by atoms with Gasteiger partial charge in [0.05, 0.1) is 22.1 Å². The number of pyridine rings is 1. The summed E-state index contributed by atoms with van der Waals surface area (Å²) < 4.78 is 37.7. The lowest BCUT2D eigenvalue weighted by atomic mass is 10.1. The fraction of sp³-hybridized carbons (Fsp3) is 0.375. The number of benzene rings is 1. The van der Waals surface area contributed by atoms with Crippen molar-refractivity contribution >= 4 is 26.6 Å². The van der Waals surface area contributed by atoms with E-state index in [-0.39, 0.29) is 23.8 Å². The molecule has 0 saturated carbocycles. The number of fused-ring (bicyclic) bond motifs is 1. The Balaban J connectivity index is 1.98. The molecule has 0 unspecified atom stereocenters. The first-order valence-electron chi connectivity index (χ1n) is 7.43. The smallest absolute Gasteiger partial charge is 0.256 e. The van der Waals surface area contributed by atoms with E-state index in [0.717, 1.165) is 0 Å². The molecular weight excluding hydrogens is 319 g/mol. The van der Waals surface area contributed by atoms with E-state index >= 15 is 0 Å². The van der Waals surface area contributed by atoms with Crippen LogP contribution in [0, 0.1) is 5.82 Å². The van der Waals surface area contributed by atoms with E-state index in [2.05, 4.69) is 4.98 Å². The summed E-state index contributed by atoms with van der Waals surface area (Å²) in [6.45, 7) is 2.11. The molecule has 1 amide bonds. The molecule has 1 aromatic heterocycles. The van der Waals surface area contributed by atoms with Gasteiger partial charge in [0.25, 0.3) is 5.91 Å². The van der Waals surface area contributed by atoms with E-state index < -0.39 is 20.9 Å². The van der Waals surface area contributed by atoms with Gasteiger partial charge in [0.1, 0.15) is 5.82 Å². The molecule has 0 aliphatic carbocycles. The van der Waals surface area contributed by atoms with Crippen LogP contribution >= 0.6 is 0 Å². The van der Waals surface area contributed by atoms with Gasteiger partial charge in [-0.05, 0) is 31.5 Å². The van der Waals surface area contributed by atoms with Crippen molar-refractivity contribution < 1.29 is 17.6 Å². The molecule has 3 rings (SSSR count). The number of sulfone groups is 1. The molecule has 0 spiro atoms. The summed E-state index contributed by atoms with van der Waals surface area (Å²) in [4.78, 5) is 18.4. The molecule has 1 atom stereocenters. The van der Waals surface area contributed by atoms with Gasteiger partial charge in [0.2, 0.25) is 0 Å². The van der Waals surface area contributed by atoms with Gasteiger partial charge in [-0.25, -0.2) is 12.8 Å². The molecule has 1 aromatic carbocycles. The summed E-state index contributed by atoms with van der Waals surface area (Å²) >= 11 is 0. The van der Waals surface area contributed by atoms with Crippen LogP contribution in [0.2, 0.25) is 0 Å². The van der Waals surface area contributed by atoms with Crippen molar-refractivity contribution in [1.29, 1.82) is 0 Å². The monoisotopic (exact) mass is 336 g/mol. The number of amides is 1. The second-order valence-electron chi connectivity index (χ2n) is 5.79. The summed E-state index contributed by atoms with van der Waals surface area (Å²) in [6, 6.07) is 5.86. The van der Waals surface area contributed by atoms with Crippen LogP contribution in [0.15, 0.2) is 30.5 Å². The number of hydrogen-bond acceptors (Lipinski definition) is 4. The van der Waals surface area contributed by atoms with Crippen LogP contribution in [0.5, 0.6) is 0 Å². The average Bonchev–Trinajstić information content (AvgIpc) is 2.65. The highest BCUT2D eigenvalue weighted by atomic mass is 32.2. The number of halogens is 1. The van der Waals surface area contributed by atoms with E-state index in [4.69, 9.17) is 0 Å². The van der Waals surface area contributed by atoms with Crippen LogP contribution in [0.4, 0.5) is 4.39 Å². The fourth-order valence-electron chi connectivity index (χ4n) is 2.76. The average molecular weight is 336 g/mol. The van der Waals surface area contributed by atoms with E-state index in [1.165, 1.54) is 17.0 Å². The van der Waals surface area contributed by atoms with E-state index in [1.54, 1.807) is 25.3 Å². The van der Waals surface area contributed by atoms with Crippen molar-refractivity contribution in [3.8, 4) is 0 Å². The van der Waals surface area contributed by atoms with Crippen LogP contribution in [0.1, 0.15) is 23.7 Å². The van der Waals surface area contributed by atoms with Gasteiger partial charge in [-0.2, -0.15) is 0 Å². The van der Waals surface area contributed by atoms with Crippen molar-refractivity contribution in [3.63, 3.8) is 0 Å². The second-order valence-corrected chi connectivity index (χ2v) is 8.33. The summed E-state index contributed by atoms with van der Waals surface area (Å²) in [5.41, 5.74) is 0.603. The molecule has 1 aliphatic rings. The van der Waals surface area contributed by atoms with Crippen LogP contribution in [-0.4, -0.2) is 48.3 Å². The lowest BCUT2D eigenvalue weighted by Crippen LogP contribution is -2.33. The second kappa shape index (κ2) is 5.88. The lowest BCUT2D eigenvalue weighted by molar-refractivity contribution is 0.0768. The Morgan fingerprint density at radius 2 is 2.13 bits per heavy atom. The third-order valence-corrected chi connectivity index (χ3v) is 6.47. The summed E-state index contributed by atoms with van der Waals surface area (Å²) in [7, 11) is -3.18. The van der Waals surface area contributed by atoms with Crippen molar-refractivity contribution in [2.75, 3.05) is 18.8 Å². The predicted molar refractivity (Wildman–Crippen MR) is 85.5 cm³/mol. The SMILES string of the molecule is C[C@@H]1CCN(C(=O)c2cc(F)cc3cccnc23)CCS1(=O)=O. The largest absolute Gasteiger partial charge is 0.338 e. The molecule has 122 valence electrons. The minimum atomic E-state index is -3.18. The Kier molecular flexibility index (Phi) is 4.06. The molecule has 2 heterocycles. The first kappa shape index (κ1) is 15.9. The molecule has 0 N–H and O–H groups in total. The normalized spacial score (nSPS) is 21.1. The van der Waals surface area contributed by atoms with Gasteiger partial charge < -0.3 is 4.90 Å². The predicted octanol–water partition coefficient (Wildman–Crippen LogP) is 2.02. The summed E-state index contributed by atoms with van der Waals surface area (Å²) in [5.74, 6) is -0.956. The first-order chi connectivity index (χ1) is 10.9. The third kappa shape index (κ3) is 3.06. The van der Waals surface area contributed by atoms with Gasteiger partial charge in [0, 0.05) is 24.7 Å². The van der Waals surface area contributed by atoms with Crippen molar-refractivity contribution in [3.05, 3.63) is 41.8 Å². The Labute approximate surface area is 134 Å². The first-order valence-corrected chi connectivity index (χ1v) is 9.15. The highest BCUT2D eigenvalue weighted by Gasteiger charge is 2.29. The summed E-state index contributed by atoms with van der Waals surface area (Å²) in [6.07, 6.45) is 1.93. The number of carbonyl (C=O) groups excluding carboxylic acids is 1. The molecule has 23 heavy (non-hydrogen) atoms. The Hall–Kier alpha value is -2.02. The molecule has 1 saturated heterocycles. The molecule has 0 bridgehead atoms. The van der Waals surface area contributed by atoms with Crippen LogP contribution in [0.25, 0.3) is 10.9 Å². The maximum atomic E-state index is 13.8. The van der Waals surface area contributed by atoms with Crippen LogP contribution in [0.3, 0.4) is 0 Å². The van der Waals surface area contributed by atoms with Gasteiger partial charge in [0.15, 0.2) is 9.84 Å². The highest BCUT2D eigenvalue weighted by Crippen LogP contribution is 2.22. The summed E-state index contributed by atoms with van der Waals surface area (Å²) in [5, 5.41) is 0.0781. The Morgan fingerprint density at radius 1 is 1.35 bits per heavy atom. The van der Waals surface area contributed by atoms with Crippen LogP contribution in [-0.2, 0) is 9.84 Å². The number of rotatable bonds is 1. The number of carbonyl (C=O) groups is 1. The number of hydrogen-bond donors (Lipinski definition) is 0. The maximum Gasteiger partial charge on any atom is 0.256 e. The maximum absolute atomic E-state index is 13.8. The van der Waals surface area contributed by atoms with E-state index in [1.807, 2.05) is 0 Å². The zero-order valence-corrected chi connectivity index (χ0v) is 13.5. The molecule has 0 radical (unpaired) electrons. The van der Waals surface area contributed by atoms with E-state index in [9.17, 15) is 17.6 Å². The van der Waals surface area contributed by atoms with Gasteiger partial charge >= 0.3 is 0 Å². The quantitative estimate of drug-likeness (QED) is 0.799. The lowest BCUT2D eigenvalue weighted by Gasteiger charge is -2.20. The fourth-order valence-corrected chi connectivity index (χ4v) is 4.10. The van der Waals surface area contributed by atoms with Crippen molar-refractivity contribution in [2.45, 2.75) is 18.6 Å². The molecule has 2 aromatic rings. The Bertz CT molecular complexity index is 867. The highest BCUT2D eigenvalue weighted by molar-refractivity contribution is 7.92. The minimum Gasteiger partial charge on any atom is -0.338 e. The van der Waals surface area contributed by atoms with Crippen molar-refractivity contribution in [1.82, 2.24) is 9.88 Å². The van der Waals surface area contributed by atoms with Crippen LogP contribution < -0.4 is 0 Å². The number of nitrogens with zero attached hydrogens (tertiary/aromatic N) is 2. The third-order valence-electron chi connectivity index (χ3n) is 4.25. The standard InChI is InChI=1S/C16H17FN2O3S/c1-11-4-6-19(7-8-23(11,21)22)16(20)14-10-13(17)9-12-3-2-5-18-15(12)14/h2-3,5,9-11H,4,6-8H2,1H3/t11-/m1/s1. The molecule has 1 fully saturated rings. The zero-order chi connectivity index (χ0) is 16.6. The molecule has 5 nitrogen and oxygen atoms in total. The molecule has 7 heteroatoms.